The van der Waals surface area contributed by atoms with E-state index in [4.69, 9.17) is 16.3 Å². The van der Waals surface area contributed by atoms with Gasteiger partial charge in [-0.05, 0) is 49.2 Å². The predicted octanol–water partition coefficient (Wildman–Crippen LogP) is 4.67. The van der Waals surface area contributed by atoms with Crippen molar-refractivity contribution in [1.29, 1.82) is 0 Å². The van der Waals surface area contributed by atoms with Crippen molar-refractivity contribution in [1.82, 2.24) is 0 Å². The maximum absolute atomic E-state index is 12.3. The summed E-state index contributed by atoms with van der Waals surface area (Å²) in [7, 11) is 0. The second-order valence-electron chi connectivity index (χ2n) is 4.67. The summed E-state index contributed by atoms with van der Waals surface area (Å²) >= 11 is 6.06. The highest BCUT2D eigenvalue weighted by Gasteiger charge is 2.10. The second kappa shape index (κ2) is 6.58. The van der Waals surface area contributed by atoms with Crippen molar-refractivity contribution >= 4 is 17.4 Å². The highest BCUT2D eigenvalue weighted by atomic mass is 35.5. The first-order valence-corrected chi connectivity index (χ1v) is 7.03. The molecular weight excluding hydrogens is 272 g/mol. The number of aryl methyl sites for hydroxylation is 1. The average Bonchev–Trinajstić information content (AvgIpc) is 2.48. The summed E-state index contributed by atoms with van der Waals surface area (Å²) in [5, 5.41) is 0.610. The fourth-order valence-corrected chi connectivity index (χ4v) is 2.00. The minimum atomic E-state index is -0.0334. The first kappa shape index (κ1) is 14.6. The standard InChI is InChI=1S/C17H17ClO2/c1-3-10-20-15-8-6-13(7-9-15)17(19)14-5-4-12(2)16(18)11-14/h4-9,11H,3,10H2,1-2H3. The molecule has 0 N–H and O–H groups in total. The highest BCUT2D eigenvalue weighted by Crippen LogP contribution is 2.20. The Morgan fingerprint density at radius 3 is 2.35 bits per heavy atom. The van der Waals surface area contributed by atoms with Crippen LogP contribution in [0.15, 0.2) is 42.5 Å². The summed E-state index contributed by atoms with van der Waals surface area (Å²) in [6.07, 6.45) is 0.961. The van der Waals surface area contributed by atoms with Gasteiger partial charge in [0, 0.05) is 16.1 Å². The van der Waals surface area contributed by atoms with Crippen LogP contribution in [-0.4, -0.2) is 12.4 Å². The van der Waals surface area contributed by atoms with Crippen LogP contribution in [0.25, 0.3) is 0 Å². The van der Waals surface area contributed by atoms with Crippen molar-refractivity contribution in [3.63, 3.8) is 0 Å². The van der Waals surface area contributed by atoms with Gasteiger partial charge in [0.2, 0.25) is 0 Å². The summed E-state index contributed by atoms with van der Waals surface area (Å²) in [5.41, 5.74) is 2.20. The van der Waals surface area contributed by atoms with Gasteiger partial charge in [0.25, 0.3) is 0 Å². The molecule has 0 spiro atoms. The average molecular weight is 289 g/mol. The van der Waals surface area contributed by atoms with Crippen LogP contribution < -0.4 is 4.74 Å². The van der Waals surface area contributed by atoms with Crippen LogP contribution in [0.3, 0.4) is 0 Å². The zero-order valence-electron chi connectivity index (χ0n) is 11.7. The van der Waals surface area contributed by atoms with Crippen LogP contribution in [0.1, 0.15) is 34.8 Å². The molecule has 0 fully saturated rings. The van der Waals surface area contributed by atoms with Gasteiger partial charge in [-0.2, -0.15) is 0 Å². The number of carbonyl (C=O) groups excluding carboxylic acids is 1. The number of benzene rings is 2. The molecule has 2 nitrogen and oxygen atoms in total. The molecule has 0 saturated heterocycles. The molecule has 0 saturated carbocycles. The lowest BCUT2D eigenvalue weighted by Crippen LogP contribution is -2.02. The van der Waals surface area contributed by atoms with Crippen molar-refractivity contribution in [3.8, 4) is 5.75 Å². The van der Waals surface area contributed by atoms with E-state index in [1.165, 1.54) is 0 Å². The molecule has 0 aromatic heterocycles. The predicted molar refractivity (Wildman–Crippen MR) is 81.8 cm³/mol. The Bertz CT molecular complexity index is 603. The van der Waals surface area contributed by atoms with Gasteiger partial charge in [-0.25, -0.2) is 0 Å². The zero-order valence-corrected chi connectivity index (χ0v) is 12.4. The molecule has 0 amide bonds. The van der Waals surface area contributed by atoms with E-state index in [9.17, 15) is 4.79 Å². The van der Waals surface area contributed by atoms with E-state index in [1.54, 1.807) is 24.3 Å². The summed E-state index contributed by atoms with van der Waals surface area (Å²) in [5.74, 6) is 0.749. The van der Waals surface area contributed by atoms with E-state index < -0.39 is 0 Å². The fraction of sp³-hybridized carbons (Fsp3) is 0.235. The summed E-state index contributed by atoms with van der Waals surface area (Å²) in [6.45, 7) is 4.65. The van der Waals surface area contributed by atoms with Crippen LogP contribution in [0.2, 0.25) is 5.02 Å². The summed E-state index contributed by atoms with van der Waals surface area (Å²) in [6, 6.07) is 12.6. The fourth-order valence-electron chi connectivity index (χ4n) is 1.82. The van der Waals surface area contributed by atoms with Crippen molar-refractivity contribution in [2.75, 3.05) is 6.61 Å². The number of rotatable bonds is 5. The molecule has 2 rings (SSSR count). The van der Waals surface area contributed by atoms with E-state index in [1.807, 2.05) is 25.1 Å². The van der Waals surface area contributed by atoms with Gasteiger partial charge in [-0.3, -0.25) is 4.79 Å². The molecule has 0 aliphatic carbocycles. The molecule has 0 unspecified atom stereocenters. The maximum atomic E-state index is 12.3. The largest absolute Gasteiger partial charge is 0.494 e. The Labute approximate surface area is 124 Å². The normalized spacial score (nSPS) is 10.3. The van der Waals surface area contributed by atoms with E-state index in [-0.39, 0.29) is 5.78 Å². The van der Waals surface area contributed by atoms with Crippen molar-refractivity contribution in [2.45, 2.75) is 20.3 Å². The van der Waals surface area contributed by atoms with Gasteiger partial charge in [0.1, 0.15) is 5.75 Å². The summed E-state index contributed by atoms with van der Waals surface area (Å²) < 4.78 is 5.50. The Morgan fingerprint density at radius 2 is 1.75 bits per heavy atom. The van der Waals surface area contributed by atoms with Gasteiger partial charge < -0.3 is 4.74 Å². The first-order chi connectivity index (χ1) is 9.61. The van der Waals surface area contributed by atoms with E-state index in [2.05, 4.69) is 6.92 Å². The number of ketones is 1. The van der Waals surface area contributed by atoms with Gasteiger partial charge in [0.05, 0.1) is 6.61 Å². The third-order valence-corrected chi connectivity index (χ3v) is 3.43. The summed E-state index contributed by atoms with van der Waals surface area (Å²) in [4.78, 5) is 12.3. The van der Waals surface area contributed by atoms with Crippen LogP contribution in [0.4, 0.5) is 0 Å². The van der Waals surface area contributed by atoms with Gasteiger partial charge in [-0.1, -0.05) is 30.7 Å². The van der Waals surface area contributed by atoms with Crippen LogP contribution in [-0.2, 0) is 0 Å². The lowest BCUT2D eigenvalue weighted by molar-refractivity contribution is 0.103. The number of halogens is 1. The molecule has 0 aliphatic heterocycles. The molecule has 20 heavy (non-hydrogen) atoms. The molecular formula is C17H17ClO2. The topological polar surface area (TPSA) is 26.3 Å². The van der Waals surface area contributed by atoms with Gasteiger partial charge in [0.15, 0.2) is 5.78 Å². The molecule has 2 aromatic rings. The molecule has 0 bridgehead atoms. The van der Waals surface area contributed by atoms with Crippen LogP contribution in [0, 0.1) is 6.92 Å². The third kappa shape index (κ3) is 3.40. The van der Waals surface area contributed by atoms with Crippen molar-refractivity contribution in [3.05, 3.63) is 64.2 Å². The van der Waals surface area contributed by atoms with E-state index >= 15 is 0 Å². The first-order valence-electron chi connectivity index (χ1n) is 6.65. The smallest absolute Gasteiger partial charge is 0.193 e. The van der Waals surface area contributed by atoms with Gasteiger partial charge in [-0.15, -0.1) is 0 Å². The molecule has 0 radical (unpaired) electrons. The van der Waals surface area contributed by atoms with E-state index in [0.29, 0.717) is 22.8 Å². The lowest BCUT2D eigenvalue weighted by atomic mass is 10.0. The molecule has 2 aromatic carbocycles. The monoisotopic (exact) mass is 288 g/mol. The molecule has 0 atom stereocenters. The van der Waals surface area contributed by atoms with Crippen molar-refractivity contribution < 1.29 is 9.53 Å². The molecule has 0 aliphatic rings. The minimum absolute atomic E-state index is 0.0334. The van der Waals surface area contributed by atoms with Gasteiger partial charge >= 0.3 is 0 Å². The molecule has 3 heteroatoms. The quantitative estimate of drug-likeness (QED) is 0.748. The lowest BCUT2D eigenvalue weighted by Gasteiger charge is -2.06. The number of carbonyl (C=O) groups is 1. The Balaban J connectivity index is 2.18. The van der Waals surface area contributed by atoms with E-state index in [0.717, 1.165) is 17.7 Å². The number of hydrogen-bond acceptors (Lipinski definition) is 2. The van der Waals surface area contributed by atoms with Crippen LogP contribution in [0.5, 0.6) is 5.75 Å². The van der Waals surface area contributed by atoms with Crippen molar-refractivity contribution in [2.24, 2.45) is 0 Å². The third-order valence-electron chi connectivity index (χ3n) is 3.02. The SMILES string of the molecule is CCCOc1ccc(C(=O)c2ccc(C)c(Cl)c2)cc1. The van der Waals surface area contributed by atoms with Crippen LogP contribution >= 0.6 is 11.6 Å². The Morgan fingerprint density at radius 1 is 1.10 bits per heavy atom. The number of hydrogen-bond donors (Lipinski definition) is 0. The highest BCUT2D eigenvalue weighted by molar-refractivity contribution is 6.31. The second-order valence-corrected chi connectivity index (χ2v) is 5.07. The number of ether oxygens (including phenoxy) is 1. The molecule has 0 heterocycles. The minimum Gasteiger partial charge on any atom is -0.494 e. The maximum Gasteiger partial charge on any atom is 0.193 e. The Hall–Kier alpha value is -1.80. The molecule has 104 valence electrons. The zero-order chi connectivity index (χ0) is 14.5. The Kier molecular flexibility index (Phi) is 4.80.